The van der Waals surface area contributed by atoms with Crippen LogP contribution in [-0.2, 0) is 0 Å². The summed E-state index contributed by atoms with van der Waals surface area (Å²) in [5.41, 5.74) is -0.863. The summed E-state index contributed by atoms with van der Waals surface area (Å²) < 4.78 is 1.11. The quantitative estimate of drug-likeness (QED) is 0.611. The molecule has 1 rings (SSSR count). The molecule has 0 unspecified atom stereocenters. The molecule has 0 saturated heterocycles. The Morgan fingerprint density at radius 2 is 2.22 bits per heavy atom. The monoisotopic (exact) mass is 190 g/mol. The van der Waals surface area contributed by atoms with Gasteiger partial charge in [0, 0.05) is 12.3 Å². The first-order chi connectivity index (χ1) is 4.20. The smallest absolute Gasteiger partial charge is 0.273 e. The van der Waals surface area contributed by atoms with Gasteiger partial charge < -0.3 is 0 Å². The summed E-state index contributed by atoms with van der Waals surface area (Å²) >= 11 is 2.86. The van der Waals surface area contributed by atoms with E-state index in [0.29, 0.717) is 0 Å². The summed E-state index contributed by atoms with van der Waals surface area (Å²) in [6.07, 6.45) is 1.33. The van der Waals surface area contributed by atoms with Gasteiger partial charge in [0.25, 0.3) is 5.56 Å². The maximum atomic E-state index is 10.5. The first-order valence-electron chi connectivity index (χ1n) is 2.18. The zero-order chi connectivity index (χ0) is 6.85. The molecule has 0 aliphatic heterocycles. The third-order valence-corrected chi connectivity index (χ3v) is 1.34. The number of nitrogens with zero attached hydrogens (tertiary/aromatic N) is 1. The minimum atomic E-state index is -0.470. The van der Waals surface area contributed by atoms with E-state index in [1.807, 2.05) is 4.98 Å². The summed E-state index contributed by atoms with van der Waals surface area (Å²) in [6, 6.07) is 1.25. The van der Waals surface area contributed by atoms with E-state index in [-0.39, 0.29) is 0 Å². The predicted molar refractivity (Wildman–Crippen MR) is 35.6 cm³/mol. The highest BCUT2D eigenvalue weighted by molar-refractivity contribution is 9.08. The maximum absolute atomic E-state index is 10.5. The van der Waals surface area contributed by atoms with Crippen LogP contribution in [0.5, 0.6) is 0 Å². The van der Waals surface area contributed by atoms with E-state index >= 15 is 0 Å². The molecule has 0 atom stereocenters. The van der Waals surface area contributed by atoms with Crippen LogP contribution < -0.4 is 11.2 Å². The van der Waals surface area contributed by atoms with Gasteiger partial charge in [-0.05, 0) is 0 Å². The molecule has 0 aliphatic carbocycles. The van der Waals surface area contributed by atoms with Crippen LogP contribution in [0.25, 0.3) is 0 Å². The number of hydrogen-bond donors (Lipinski definition) is 1. The summed E-state index contributed by atoms with van der Waals surface area (Å²) in [7, 11) is 0. The molecule has 48 valence electrons. The Hall–Kier alpha value is -0.840. The topological polar surface area (TPSA) is 54.9 Å². The van der Waals surface area contributed by atoms with Crippen molar-refractivity contribution in [2.75, 3.05) is 0 Å². The lowest BCUT2D eigenvalue weighted by Gasteiger charge is -1.86. The minimum absolute atomic E-state index is 0.393. The van der Waals surface area contributed by atoms with Gasteiger partial charge in [0.1, 0.15) is 0 Å². The number of halogens is 1. The third-order valence-electron chi connectivity index (χ3n) is 0.781. The second-order valence-corrected chi connectivity index (χ2v) is 2.19. The standard InChI is InChI=1S/C4H3BrN2O2/c5-7-2-1-3(8)6-4(7)9/h1-2H,(H,6,8,9). The van der Waals surface area contributed by atoms with Crippen LogP contribution in [0.3, 0.4) is 0 Å². The molecule has 1 N–H and O–H groups in total. The molecular weight excluding hydrogens is 188 g/mol. The molecule has 0 amide bonds. The molecule has 4 nitrogen and oxygen atoms in total. The fourth-order valence-corrected chi connectivity index (χ4v) is 0.608. The molecule has 5 heteroatoms. The average molecular weight is 191 g/mol. The number of H-pyrrole nitrogens is 1. The molecule has 0 fully saturated rings. The zero-order valence-electron chi connectivity index (χ0n) is 4.30. The van der Waals surface area contributed by atoms with Gasteiger partial charge >= 0.3 is 5.69 Å². The van der Waals surface area contributed by atoms with E-state index in [1.165, 1.54) is 12.3 Å². The third kappa shape index (κ3) is 1.29. The van der Waals surface area contributed by atoms with Crippen molar-refractivity contribution in [2.24, 2.45) is 0 Å². The average Bonchev–Trinajstić information content (AvgIpc) is 1.80. The van der Waals surface area contributed by atoms with Gasteiger partial charge in [-0.15, -0.1) is 0 Å². The molecule has 1 aromatic rings. The fraction of sp³-hybridized carbons (Fsp3) is 0. The van der Waals surface area contributed by atoms with Crippen LogP contribution >= 0.6 is 16.1 Å². The SMILES string of the molecule is O=c1ccn(Br)c(=O)[nH]1. The minimum Gasteiger partial charge on any atom is -0.273 e. The van der Waals surface area contributed by atoms with E-state index in [1.54, 1.807) is 0 Å². The summed E-state index contributed by atoms with van der Waals surface area (Å²) in [4.78, 5) is 22.9. The van der Waals surface area contributed by atoms with Crippen LogP contribution in [0.1, 0.15) is 0 Å². The van der Waals surface area contributed by atoms with Gasteiger partial charge in [0.15, 0.2) is 0 Å². The Kier molecular flexibility index (Phi) is 1.52. The van der Waals surface area contributed by atoms with Crippen molar-refractivity contribution in [3.8, 4) is 0 Å². The highest BCUT2D eigenvalue weighted by atomic mass is 79.9. The van der Waals surface area contributed by atoms with Crippen molar-refractivity contribution in [3.05, 3.63) is 33.1 Å². The van der Waals surface area contributed by atoms with Gasteiger partial charge in [0.05, 0.1) is 16.1 Å². The normalized spacial score (nSPS) is 9.44. The summed E-state index contributed by atoms with van der Waals surface area (Å²) in [5, 5.41) is 0. The largest absolute Gasteiger partial charge is 0.338 e. The van der Waals surface area contributed by atoms with Crippen LogP contribution in [0.15, 0.2) is 21.9 Å². The van der Waals surface area contributed by atoms with Crippen molar-refractivity contribution < 1.29 is 0 Å². The summed E-state index contributed by atoms with van der Waals surface area (Å²) in [6.45, 7) is 0. The van der Waals surface area contributed by atoms with Crippen molar-refractivity contribution >= 4 is 16.1 Å². The second kappa shape index (κ2) is 2.18. The zero-order valence-corrected chi connectivity index (χ0v) is 5.88. The second-order valence-electron chi connectivity index (χ2n) is 1.42. The molecule has 0 radical (unpaired) electrons. The molecule has 1 heterocycles. The van der Waals surface area contributed by atoms with Crippen LogP contribution in [-0.4, -0.2) is 8.58 Å². The van der Waals surface area contributed by atoms with Gasteiger partial charge in [-0.2, -0.15) is 0 Å². The van der Waals surface area contributed by atoms with Gasteiger partial charge in [-0.3, -0.25) is 9.78 Å². The predicted octanol–water partition coefficient (Wildman–Crippen LogP) is -0.305. The Balaban J connectivity index is 3.52. The van der Waals surface area contributed by atoms with Crippen molar-refractivity contribution in [1.29, 1.82) is 0 Å². The molecule has 0 bridgehead atoms. The lowest BCUT2D eigenvalue weighted by atomic mass is 10.7. The number of nitrogens with one attached hydrogen (secondary N) is 1. The van der Waals surface area contributed by atoms with Crippen LogP contribution in [0, 0.1) is 0 Å². The van der Waals surface area contributed by atoms with Gasteiger partial charge in [0.2, 0.25) is 0 Å². The summed E-state index contributed by atoms with van der Waals surface area (Å²) in [5.74, 6) is 0. The Morgan fingerprint density at radius 3 is 2.67 bits per heavy atom. The van der Waals surface area contributed by atoms with Gasteiger partial charge in [-0.1, -0.05) is 0 Å². The molecule has 0 saturated carbocycles. The van der Waals surface area contributed by atoms with E-state index in [0.717, 1.165) is 3.59 Å². The molecule has 0 spiro atoms. The van der Waals surface area contributed by atoms with E-state index in [4.69, 9.17) is 0 Å². The Bertz CT molecular complexity index is 313. The molecule has 9 heavy (non-hydrogen) atoms. The number of rotatable bonds is 0. The molecular formula is C4H3BrN2O2. The van der Waals surface area contributed by atoms with E-state index in [2.05, 4.69) is 16.1 Å². The number of aromatic nitrogens is 2. The Labute approximate surface area is 58.5 Å². The Morgan fingerprint density at radius 1 is 1.56 bits per heavy atom. The number of hydrogen-bond acceptors (Lipinski definition) is 2. The van der Waals surface area contributed by atoms with E-state index in [9.17, 15) is 9.59 Å². The first-order valence-corrected chi connectivity index (χ1v) is 2.89. The van der Waals surface area contributed by atoms with E-state index < -0.39 is 11.2 Å². The molecule has 0 aromatic carbocycles. The maximum Gasteiger partial charge on any atom is 0.338 e. The molecule has 1 aromatic heterocycles. The lowest BCUT2D eigenvalue weighted by Crippen LogP contribution is -2.23. The van der Waals surface area contributed by atoms with Crippen LogP contribution in [0.2, 0.25) is 0 Å². The van der Waals surface area contributed by atoms with Crippen molar-refractivity contribution in [2.45, 2.75) is 0 Å². The highest BCUT2D eigenvalue weighted by Crippen LogP contribution is 1.78. The van der Waals surface area contributed by atoms with Crippen LogP contribution in [0.4, 0.5) is 0 Å². The van der Waals surface area contributed by atoms with Gasteiger partial charge in [-0.25, -0.2) is 8.39 Å². The lowest BCUT2D eigenvalue weighted by molar-refractivity contribution is 1.00. The van der Waals surface area contributed by atoms with Crippen molar-refractivity contribution in [1.82, 2.24) is 8.58 Å². The number of aromatic amines is 1. The highest BCUT2D eigenvalue weighted by Gasteiger charge is 1.87. The first kappa shape index (κ1) is 6.28. The fourth-order valence-electron chi connectivity index (χ4n) is 0.401. The molecule has 0 aliphatic rings. The van der Waals surface area contributed by atoms with Crippen molar-refractivity contribution in [3.63, 3.8) is 0 Å².